The number of nitrogens with one attached hydrogen (secondary N) is 2. The summed E-state index contributed by atoms with van der Waals surface area (Å²) in [5.74, 6) is 0.917. The molecule has 164 valence electrons. The number of likely N-dealkylation sites (tertiary alicyclic amines) is 1. The van der Waals surface area contributed by atoms with E-state index in [2.05, 4.69) is 70.2 Å². The molecule has 1 amide bonds. The highest BCUT2D eigenvalue weighted by Crippen LogP contribution is 2.44. The zero-order valence-corrected chi connectivity index (χ0v) is 18.8. The van der Waals surface area contributed by atoms with E-state index in [-0.39, 0.29) is 11.8 Å². The molecule has 31 heavy (non-hydrogen) atoms. The molecule has 0 saturated carbocycles. The first-order valence-electron chi connectivity index (χ1n) is 11.6. The third-order valence-corrected chi connectivity index (χ3v) is 7.52. The molecule has 3 aromatic rings. The zero-order valence-electron chi connectivity index (χ0n) is 18.8. The number of aryl methyl sites for hydroxylation is 1. The molecule has 1 aliphatic carbocycles. The van der Waals surface area contributed by atoms with Crippen molar-refractivity contribution in [1.82, 2.24) is 24.8 Å². The van der Waals surface area contributed by atoms with E-state index in [1.54, 1.807) is 6.33 Å². The van der Waals surface area contributed by atoms with Gasteiger partial charge in [-0.25, -0.2) is 4.98 Å². The average molecular weight is 420 g/mol. The van der Waals surface area contributed by atoms with Crippen molar-refractivity contribution in [2.75, 3.05) is 20.1 Å². The van der Waals surface area contributed by atoms with Crippen LogP contribution < -0.4 is 5.32 Å². The summed E-state index contributed by atoms with van der Waals surface area (Å²) in [7, 11) is 4.33. The van der Waals surface area contributed by atoms with Gasteiger partial charge in [0.25, 0.3) is 0 Å². The van der Waals surface area contributed by atoms with Gasteiger partial charge in [0.2, 0.25) is 5.91 Å². The minimum Gasteiger partial charge on any atom is -0.355 e. The van der Waals surface area contributed by atoms with Crippen LogP contribution in [0.2, 0.25) is 0 Å². The van der Waals surface area contributed by atoms with E-state index in [1.807, 2.05) is 6.20 Å². The number of H-pyrrole nitrogens is 1. The summed E-state index contributed by atoms with van der Waals surface area (Å²) in [5, 5.41) is 4.69. The van der Waals surface area contributed by atoms with Crippen LogP contribution in [0.15, 0.2) is 36.9 Å². The van der Waals surface area contributed by atoms with Crippen LogP contribution in [0.3, 0.4) is 0 Å². The Kier molecular flexibility index (Phi) is 5.34. The Labute approximate surface area is 184 Å². The summed E-state index contributed by atoms with van der Waals surface area (Å²) < 4.78 is 2.25. The number of likely N-dealkylation sites (N-methyl/N-ethyl adjacent to an activating group) is 1. The van der Waals surface area contributed by atoms with Gasteiger partial charge < -0.3 is 19.8 Å². The lowest BCUT2D eigenvalue weighted by Crippen LogP contribution is -2.51. The van der Waals surface area contributed by atoms with Gasteiger partial charge in [0.1, 0.15) is 0 Å². The van der Waals surface area contributed by atoms with Gasteiger partial charge in [-0.15, -0.1) is 0 Å². The molecule has 0 radical (unpaired) electrons. The van der Waals surface area contributed by atoms with Gasteiger partial charge in [0.05, 0.1) is 12.2 Å². The fraction of sp³-hybridized carbons (Fsp3) is 0.520. The standard InChI is InChI=1S/C25H33N5O/c1-4-6-16(21-12-26-15-28-21)11-27-25(31)18-9-20-19-7-5-8-22-24(19)17(13-29(22)2)10-23(20)30(3)14-18/h5,7-8,12-13,15-16,18,20,23H,4,6,9-11,14H2,1-3H3,(H,26,28)(H,27,31)/t16?,18-,20?,23-/m1/s1. The normalized spacial score (nSPS) is 24.2. The van der Waals surface area contributed by atoms with Crippen molar-refractivity contribution in [1.29, 1.82) is 0 Å². The third-order valence-electron chi connectivity index (χ3n) is 7.52. The molecule has 1 saturated heterocycles. The summed E-state index contributed by atoms with van der Waals surface area (Å²) in [6.07, 6.45) is 10.0. The Balaban J connectivity index is 1.33. The van der Waals surface area contributed by atoms with E-state index in [4.69, 9.17) is 0 Å². The molecule has 1 fully saturated rings. The largest absolute Gasteiger partial charge is 0.355 e. The summed E-state index contributed by atoms with van der Waals surface area (Å²) >= 11 is 0. The molecule has 1 aromatic carbocycles. The highest BCUT2D eigenvalue weighted by molar-refractivity contribution is 5.89. The van der Waals surface area contributed by atoms with Crippen LogP contribution >= 0.6 is 0 Å². The number of nitrogens with zero attached hydrogens (tertiary/aromatic N) is 3. The van der Waals surface area contributed by atoms with Gasteiger partial charge >= 0.3 is 0 Å². The van der Waals surface area contributed by atoms with Crippen LogP contribution in [-0.2, 0) is 18.3 Å². The number of rotatable bonds is 6. The van der Waals surface area contributed by atoms with E-state index in [0.717, 1.165) is 37.9 Å². The molecule has 4 atom stereocenters. The number of fused-ring (bicyclic) bond motifs is 2. The maximum absolute atomic E-state index is 13.2. The summed E-state index contributed by atoms with van der Waals surface area (Å²) in [6.45, 7) is 3.68. The minimum absolute atomic E-state index is 0.0239. The van der Waals surface area contributed by atoms with Gasteiger partial charge in [-0.1, -0.05) is 25.5 Å². The van der Waals surface area contributed by atoms with Crippen LogP contribution in [0.1, 0.15) is 54.8 Å². The lowest BCUT2D eigenvalue weighted by atomic mass is 9.72. The van der Waals surface area contributed by atoms with Crippen LogP contribution in [-0.4, -0.2) is 51.5 Å². The number of imidazole rings is 1. The van der Waals surface area contributed by atoms with Crippen LogP contribution in [0.25, 0.3) is 10.9 Å². The molecule has 2 N–H and O–H groups in total. The number of aromatic amines is 1. The van der Waals surface area contributed by atoms with Crippen molar-refractivity contribution in [2.24, 2.45) is 13.0 Å². The van der Waals surface area contributed by atoms with Gasteiger partial charge in [-0.05, 0) is 43.5 Å². The van der Waals surface area contributed by atoms with Gasteiger partial charge in [0.15, 0.2) is 0 Å². The van der Waals surface area contributed by atoms with E-state index in [9.17, 15) is 4.79 Å². The monoisotopic (exact) mass is 419 g/mol. The first-order chi connectivity index (χ1) is 15.1. The molecular weight excluding hydrogens is 386 g/mol. The first-order valence-corrected chi connectivity index (χ1v) is 11.6. The minimum atomic E-state index is 0.0239. The van der Waals surface area contributed by atoms with Crippen molar-refractivity contribution in [3.05, 3.63) is 53.7 Å². The number of piperidine rings is 1. The smallest absolute Gasteiger partial charge is 0.224 e. The quantitative estimate of drug-likeness (QED) is 0.642. The van der Waals surface area contributed by atoms with Crippen LogP contribution in [0.4, 0.5) is 0 Å². The van der Waals surface area contributed by atoms with Crippen molar-refractivity contribution in [3.8, 4) is 0 Å². The third kappa shape index (κ3) is 3.57. The summed E-state index contributed by atoms with van der Waals surface area (Å²) in [5.41, 5.74) is 5.29. The molecule has 2 aliphatic rings. The first kappa shape index (κ1) is 20.3. The lowest BCUT2D eigenvalue weighted by Gasteiger charge is -2.45. The number of amides is 1. The summed E-state index contributed by atoms with van der Waals surface area (Å²) in [6, 6.07) is 7.14. The van der Waals surface area contributed by atoms with Crippen LogP contribution in [0, 0.1) is 5.92 Å². The molecule has 2 aromatic heterocycles. The highest BCUT2D eigenvalue weighted by Gasteiger charge is 2.41. The molecule has 1 aliphatic heterocycles. The van der Waals surface area contributed by atoms with Gasteiger partial charge in [-0.2, -0.15) is 0 Å². The molecule has 2 unspecified atom stereocenters. The lowest BCUT2D eigenvalue weighted by molar-refractivity contribution is -0.127. The molecule has 0 spiro atoms. The van der Waals surface area contributed by atoms with E-state index < -0.39 is 0 Å². The zero-order chi connectivity index (χ0) is 21.5. The number of carbonyl (C=O) groups excluding carboxylic acids is 1. The van der Waals surface area contributed by atoms with Crippen molar-refractivity contribution in [3.63, 3.8) is 0 Å². The second-order valence-corrected chi connectivity index (χ2v) is 9.49. The maximum Gasteiger partial charge on any atom is 0.224 e. The molecule has 6 nitrogen and oxygen atoms in total. The maximum atomic E-state index is 13.2. The average Bonchev–Trinajstić information content (AvgIpc) is 3.41. The van der Waals surface area contributed by atoms with Gasteiger partial charge in [0, 0.05) is 67.0 Å². The summed E-state index contributed by atoms with van der Waals surface area (Å²) in [4.78, 5) is 23.0. The van der Waals surface area contributed by atoms with E-state index in [0.29, 0.717) is 24.4 Å². The number of hydrogen-bond acceptors (Lipinski definition) is 3. The Morgan fingerprint density at radius 1 is 1.35 bits per heavy atom. The predicted octanol–water partition coefficient (Wildman–Crippen LogP) is 3.56. The molecular formula is C25H33N5O. The van der Waals surface area contributed by atoms with E-state index >= 15 is 0 Å². The van der Waals surface area contributed by atoms with Crippen molar-refractivity contribution in [2.45, 2.75) is 50.5 Å². The molecule has 5 rings (SSSR count). The number of carbonyl (C=O) groups is 1. The number of aromatic nitrogens is 3. The van der Waals surface area contributed by atoms with Crippen molar-refractivity contribution >= 4 is 16.8 Å². The van der Waals surface area contributed by atoms with Crippen molar-refractivity contribution < 1.29 is 4.79 Å². The molecule has 3 heterocycles. The predicted molar refractivity (Wildman–Crippen MR) is 123 cm³/mol. The second-order valence-electron chi connectivity index (χ2n) is 9.49. The fourth-order valence-corrected chi connectivity index (χ4v) is 5.98. The second kappa shape index (κ2) is 8.15. The molecule has 0 bridgehead atoms. The number of hydrogen-bond donors (Lipinski definition) is 2. The number of benzene rings is 1. The topological polar surface area (TPSA) is 66.0 Å². The van der Waals surface area contributed by atoms with Gasteiger partial charge in [-0.3, -0.25) is 4.79 Å². The fourth-order valence-electron chi connectivity index (χ4n) is 5.98. The Hall–Kier alpha value is -2.60. The Morgan fingerprint density at radius 2 is 2.23 bits per heavy atom. The highest BCUT2D eigenvalue weighted by atomic mass is 16.1. The van der Waals surface area contributed by atoms with E-state index in [1.165, 1.54) is 22.0 Å². The SMILES string of the molecule is CCCC(CNC(=O)[C@@H]1CC2c3cccc4c3c(cn4C)C[C@H]2N(C)C1)c1cnc[nH]1. The Bertz CT molecular complexity index is 1070. The molecule has 6 heteroatoms. The van der Waals surface area contributed by atoms with Crippen LogP contribution in [0.5, 0.6) is 0 Å². The Morgan fingerprint density at radius 3 is 3.00 bits per heavy atom.